The Kier molecular flexibility index (Phi) is 4.61. The van der Waals surface area contributed by atoms with Gasteiger partial charge < -0.3 is 30.8 Å². The zero-order valence-corrected chi connectivity index (χ0v) is 11.4. The maximum atomic E-state index is 11.7. The highest BCUT2D eigenvalue weighted by atomic mass is 17.1. The van der Waals surface area contributed by atoms with Crippen molar-refractivity contribution >= 4 is 29.7 Å². The van der Waals surface area contributed by atoms with Crippen molar-refractivity contribution in [2.75, 3.05) is 0 Å². The second kappa shape index (κ2) is 5.92. The van der Waals surface area contributed by atoms with Crippen LogP contribution in [0.5, 0.6) is 0 Å². The maximum Gasteiger partial charge on any atom is 0.340 e. The lowest BCUT2D eigenvalue weighted by Gasteiger charge is -2.42. The van der Waals surface area contributed by atoms with Crippen LogP contribution >= 0.6 is 0 Å². The number of aliphatic carboxylic acids is 3. The molecule has 126 valence electrons. The minimum Gasteiger partial charge on any atom is -0.481 e. The molecule has 0 saturated carbocycles. The first-order chi connectivity index (χ1) is 10.5. The minimum absolute atomic E-state index is 0.970. The molecule has 1 aliphatic rings. The van der Waals surface area contributed by atoms with Gasteiger partial charge in [0, 0.05) is 0 Å². The van der Waals surface area contributed by atoms with Crippen LogP contribution in [0.2, 0.25) is 0 Å². The van der Waals surface area contributed by atoms with Crippen LogP contribution in [-0.2, 0) is 28.9 Å². The summed E-state index contributed by atoms with van der Waals surface area (Å²) in [5.41, 5.74) is -6.27. The second-order valence-corrected chi connectivity index (χ2v) is 4.62. The van der Waals surface area contributed by atoms with Crippen molar-refractivity contribution < 1.29 is 49.4 Å². The number of amides is 2. The van der Waals surface area contributed by atoms with Gasteiger partial charge in [0.05, 0.1) is 6.42 Å². The van der Waals surface area contributed by atoms with E-state index in [0.29, 0.717) is 0 Å². The van der Waals surface area contributed by atoms with Gasteiger partial charge in [0.1, 0.15) is 6.42 Å². The number of rotatable bonds is 6. The third-order valence-corrected chi connectivity index (χ3v) is 3.27. The monoisotopic (exact) mass is 332 g/mol. The summed E-state index contributed by atoms with van der Waals surface area (Å²) in [5.74, 6) is -9.70. The van der Waals surface area contributed by atoms with E-state index in [-0.39, 0.29) is 0 Å². The number of hydrogen-bond donors (Lipinski definition) is 6. The summed E-state index contributed by atoms with van der Waals surface area (Å²) in [4.78, 5) is 61.5. The van der Waals surface area contributed by atoms with Crippen molar-refractivity contribution in [3.8, 4) is 0 Å². The molecular formula is C11H12N2O10. The smallest absolute Gasteiger partial charge is 0.340 e. The van der Waals surface area contributed by atoms with Crippen LogP contribution < -0.4 is 10.6 Å². The predicted octanol–water partition coefficient (Wildman–Crippen LogP) is -2.25. The van der Waals surface area contributed by atoms with E-state index in [4.69, 9.17) is 10.4 Å². The average Bonchev–Trinajstić information content (AvgIpc) is 2.52. The van der Waals surface area contributed by atoms with Crippen molar-refractivity contribution in [3.05, 3.63) is 12.3 Å². The number of nitrogens with one attached hydrogen (secondary N) is 2. The van der Waals surface area contributed by atoms with Gasteiger partial charge in [0.15, 0.2) is 11.3 Å². The molecule has 23 heavy (non-hydrogen) atoms. The fraction of sp³-hybridized carbons (Fsp3) is 0.364. The first-order valence-corrected chi connectivity index (χ1v) is 5.85. The van der Waals surface area contributed by atoms with E-state index >= 15 is 0 Å². The summed E-state index contributed by atoms with van der Waals surface area (Å²) < 4.78 is 0. The molecule has 2 amide bonds. The lowest BCUT2D eigenvalue weighted by atomic mass is 9.72. The molecule has 0 aromatic rings. The molecule has 0 spiro atoms. The molecule has 12 nitrogen and oxygen atoms in total. The lowest BCUT2D eigenvalue weighted by Crippen LogP contribution is -2.77. The predicted molar refractivity (Wildman–Crippen MR) is 66.7 cm³/mol. The van der Waals surface area contributed by atoms with Crippen molar-refractivity contribution in [2.45, 2.75) is 23.9 Å². The van der Waals surface area contributed by atoms with Gasteiger partial charge in [-0.3, -0.25) is 14.4 Å². The lowest BCUT2D eigenvalue weighted by molar-refractivity contribution is -0.222. The average molecular weight is 332 g/mol. The Morgan fingerprint density at radius 2 is 1.61 bits per heavy atom. The van der Waals surface area contributed by atoms with Crippen LogP contribution in [0.1, 0.15) is 12.8 Å². The number of carboxylic acid groups (broad SMARTS) is 3. The molecule has 1 fully saturated rings. The molecule has 0 aliphatic carbocycles. The summed E-state index contributed by atoms with van der Waals surface area (Å²) in [6.07, 6.45) is -2.43. The molecular weight excluding hydrogens is 320 g/mol. The van der Waals surface area contributed by atoms with Gasteiger partial charge in [-0.15, -0.1) is 0 Å². The van der Waals surface area contributed by atoms with Crippen LogP contribution in [-0.4, -0.2) is 61.4 Å². The number of carbonyl (C=O) groups is 5. The highest BCUT2D eigenvalue weighted by Gasteiger charge is 2.69. The minimum atomic E-state index is -3.17. The molecule has 12 heteroatoms. The van der Waals surface area contributed by atoms with Crippen molar-refractivity contribution in [1.29, 1.82) is 0 Å². The molecule has 1 aliphatic heterocycles. The highest BCUT2D eigenvalue weighted by Crippen LogP contribution is 2.35. The number of carbonyl (C=O) groups excluding carboxylic acids is 2. The Bertz CT molecular complexity index is 614. The quantitative estimate of drug-likeness (QED) is 0.133. The zero-order chi connectivity index (χ0) is 18.0. The summed E-state index contributed by atoms with van der Waals surface area (Å²) in [6, 6.07) is 0. The first kappa shape index (κ1) is 17.9. The van der Waals surface area contributed by atoms with Crippen LogP contribution in [0.3, 0.4) is 0 Å². The van der Waals surface area contributed by atoms with E-state index in [1.54, 1.807) is 10.6 Å². The van der Waals surface area contributed by atoms with Gasteiger partial charge in [-0.25, -0.2) is 14.8 Å². The number of carboxylic acids is 3. The van der Waals surface area contributed by atoms with E-state index in [0.717, 1.165) is 0 Å². The van der Waals surface area contributed by atoms with Crippen molar-refractivity contribution in [1.82, 2.24) is 10.6 Å². The van der Waals surface area contributed by atoms with Crippen molar-refractivity contribution in [3.63, 3.8) is 0 Å². The fourth-order valence-corrected chi connectivity index (χ4v) is 2.31. The Hall–Kier alpha value is -3.15. The molecule has 2 atom stereocenters. The van der Waals surface area contributed by atoms with Crippen LogP contribution in [0, 0.1) is 0 Å². The van der Waals surface area contributed by atoms with Gasteiger partial charge in [0.2, 0.25) is 17.4 Å². The zero-order valence-electron chi connectivity index (χ0n) is 11.4. The summed E-state index contributed by atoms with van der Waals surface area (Å²) in [7, 11) is 0. The van der Waals surface area contributed by atoms with E-state index in [2.05, 4.69) is 11.5 Å². The van der Waals surface area contributed by atoms with Gasteiger partial charge in [0.25, 0.3) is 0 Å². The molecule has 1 saturated heterocycles. The Balaban J connectivity index is 3.83. The molecule has 0 bridgehead atoms. The van der Waals surface area contributed by atoms with E-state index in [1.807, 2.05) is 0 Å². The maximum absolute atomic E-state index is 11.7. The Morgan fingerprint density at radius 3 is 2.00 bits per heavy atom. The molecule has 0 radical (unpaired) electrons. The van der Waals surface area contributed by atoms with Gasteiger partial charge in [-0.05, 0) is 0 Å². The summed E-state index contributed by atoms with van der Waals surface area (Å²) >= 11 is 0. The summed E-state index contributed by atoms with van der Waals surface area (Å²) in [6.45, 7) is 3.00. The standard InChI is InChI=1S/C11H12N2O10/c1-4(23-22)11(9(20)21)10(8(18)19,3-7(16)17)12-5(14)2-6(15)13-11/h22H,1-3H2,(H,12,14)(H,13,15)(H,16,17)(H,18,19)(H,20,21). The van der Waals surface area contributed by atoms with E-state index in [9.17, 15) is 34.2 Å². The fourth-order valence-electron chi connectivity index (χ4n) is 2.31. The Labute approximate surface area is 127 Å². The topological polar surface area (TPSA) is 200 Å². The molecule has 0 aromatic carbocycles. The van der Waals surface area contributed by atoms with Crippen LogP contribution in [0.15, 0.2) is 12.3 Å². The molecule has 2 unspecified atom stereocenters. The third-order valence-electron chi connectivity index (χ3n) is 3.27. The summed E-state index contributed by atoms with van der Waals surface area (Å²) in [5, 5.41) is 39.9. The third kappa shape index (κ3) is 2.66. The van der Waals surface area contributed by atoms with E-state index < -0.39 is 59.4 Å². The molecule has 1 heterocycles. The second-order valence-electron chi connectivity index (χ2n) is 4.62. The highest BCUT2D eigenvalue weighted by molar-refractivity contribution is 6.09. The first-order valence-electron chi connectivity index (χ1n) is 5.85. The van der Waals surface area contributed by atoms with E-state index in [1.165, 1.54) is 0 Å². The number of hydrogen-bond acceptors (Lipinski definition) is 7. The molecule has 1 rings (SSSR count). The largest absolute Gasteiger partial charge is 0.481 e. The normalized spacial score (nSPS) is 27.2. The van der Waals surface area contributed by atoms with Gasteiger partial charge >= 0.3 is 17.9 Å². The molecule has 6 N–H and O–H groups in total. The van der Waals surface area contributed by atoms with Gasteiger partial charge in [-0.1, -0.05) is 6.58 Å². The van der Waals surface area contributed by atoms with Crippen LogP contribution in [0.4, 0.5) is 0 Å². The van der Waals surface area contributed by atoms with Gasteiger partial charge in [-0.2, -0.15) is 0 Å². The Morgan fingerprint density at radius 1 is 1.09 bits per heavy atom. The van der Waals surface area contributed by atoms with Crippen LogP contribution in [0.25, 0.3) is 0 Å². The van der Waals surface area contributed by atoms with Crippen molar-refractivity contribution in [2.24, 2.45) is 0 Å². The SMILES string of the molecule is C=C(OO)C1(C(=O)O)NC(=O)CC(=O)NC1(CC(=O)O)C(=O)O. The molecule has 0 aromatic heterocycles.